The van der Waals surface area contributed by atoms with Gasteiger partial charge in [-0.15, -0.1) is 0 Å². The van der Waals surface area contributed by atoms with Crippen molar-refractivity contribution in [1.29, 1.82) is 0 Å². The number of pyridine rings is 1. The van der Waals surface area contributed by atoms with E-state index in [9.17, 15) is 9.59 Å². The van der Waals surface area contributed by atoms with Gasteiger partial charge < -0.3 is 15.2 Å². The maximum absolute atomic E-state index is 12.0. The average molecular weight is 314 g/mol. The third-order valence-electron chi connectivity index (χ3n) is 3.07. The summed E-state index contributed by atoms with van der Waals surface area (Å²) in [7, 11) is 1.66. The first kappa shape index (κ1) is 13.3. The Hall–Kier alpha value is -1.14. The Morgan fingerprint density at radius 1 is 1.61 bits per heavy atom. The highest BCUT2D eigenvalue weighted by Gasteiger charge is 2.21. The van der Waals surface area contributed by atoms with Gasteiger partial charge in [0.15, 0.2) is 0 Å². The number of carbonyl (C=O) groups is 1. The fourth-order valence-electron chi connectivity index (χ4n) is 2.06. The fraction of sp³-hybridized carbons (Fsp3) is 0.500. The van der Waals surface area contributed by atoms with Gasteiger partial charge in [0.2, 0.25) is 5.91 Å². The zero-order valence-corrected chi connectivity index (χ0v) is 11.8. The van der Waals surface area contributed by atoms with Crippen LogP contribution in [0.5, 0.6) is 0 Å². The van der Waals surface area contributed by atoms with Crippen molar-refractivity contribution in [1.82, 2.24) is 9.88 Å². The van der Waals surface area contributed by atoms with E-state index in [1.54, 1.807) is 19.3 Å². The third kappa shape index (κ3) is 3.00. The fourth-order valence-corrected chi connectivity index (χ4v) is 2.59. The number of aromatic nitrogens is 1. The van der Waals surface area contributed by atoms with E-state index in [2.05, 4.69) is 26.6 Å². The van der Waals surface area contributed by atoms with Crippen molar-refractivity contribution in [3.05, 3.63) is 27.1 Å². The lowest BCUT2D eigenvalue weighted by Crippen LogP contribution is -2.37. The van der Waals surface area contributed by atoms with E-state index in [1.165, 1.54) is 4.57 Å². The summed E-state index contributed by atoms with van der Waals surface area (Å²) in [6.07, 6.45) is 3.56. The second-order valence-corrected chi connectivity index (χ2v) is 5.38. The van der Waals surface area contributed by atoms with Crippen LogP contribution in [-0.2, 0) is 11.8 Å². The predicted molar refractivity (Wildman–Crippen MR) is 73.6 cm³/mol. The molecule has 2 N–H and O–H groups in total. The van der Waals surface area contributed by atoms with E-state index in [0.29, 0.717) is 10.2 Å². The number of carbonyl (C=O) groups excluding carboxylic acids is 1. The van der Waals surface area contributed by atoms with Crippen LogP contribution in [0.15, 0.2) is 21.5 Å². The maximum Gasteiger partial charge on any atom is 0.264 e. The molecule has 1 aromatic heterocycles. The van der Waals surface area contributed by atoms with Crippen molar-refractivity contribution in [2.45, 2.75) is 12.8 Å². The molecule has 1 amide bonds. The first-order valence-electron chi connectivity index (χ1n) is 5.95. The number of amides is 1. The highest BCUT2D eigenvalue weighted by Crippen LogP contribution is 2.15. The molecule has 1 aliphatic heterocycles. The molecule has 0 aromatic carbocycles. The molecular formula is C12H16BrN3O2. The summed E-state index contributed by atoms with van der Waals surface area (Å²) in [4.78, 5) is 23.5. The van der Waals surface area contributed by atoms with Crippen molar-refractivity contribution < 1.29 is 4.79 Å². The number of nitrogens with one attached hydrogen (secondary N) is 2. The van der Waals surface area contributed by atoms with Crippen LogP contribution in [0.4, 0.5) is 5.69 Å². The summed E-state index contributed by atoms with van der Waals surface area (Å²) in [6.45, 7) is 1.70. The molecule has 1 unspecified atom stereocenters. The molecule has 0 radical (unpaired) electrons. The molecule has 1 saturated heterocycles. The minimum absolute atomic E-state index is 0.00717. The highest BCUT2D eigenvalue weighted by atomic mass is 79.9. The molecule has 5 nitrogen and oxygen atoms in total. The van der Waals surface area contributed by atoms with Gasteiger partial charge in [0.25, 0.3) is 5.56 Å². The zero-order chi connectivity index (χ0) is 13.1. The lowest BCUT2D eigenvalue weighted by molar-refractivity contribution is -0.120. The first-order valence-corrected chi connectivity index (χ1v) is 6.75. The summed E-state index contributed by atoms with van der Waals surface area (Å²) in [5.74, 6) is 0.0162. The van der Waals surface area contributed by atoms with Crippen molar-refractivity contribution in [2.24, 2.45) is 13.0 Å². The summed E-state index contributed by atoms with van der Waals surface area (Å²) >= 11 is 3.19. The molecule has 0 spiro atoms. The second-order valence-electron chi connectivity index (χ2n) is 4.53. The SMILES string of the molecule is Cn1cc(NC(=O)C2CCCNC2)cc(Br)c1=O. The van der Waals surface area contributed by atoms with Crippen LogP contribution in [-0.4, -0.2) is 23.6 Å². The Kier molecular flexibility index (Phi) is 4.19. The van der Waals surface area contributed by atoms with Gasteiger partial charge in [0, 0.05) is 19.8 Å². The second kappa shape index (κ2) is 5.67. The van der Waals surface area contributed by atoms with Crippen molar-refractivity contribution >= 4 is 27.5 Å². The van der Waals surface area contributed by atoms with Crippen LogP contribution in [0.25, 0.3) is 0 Å². The molecule has 98 valence electrons. The maximum atomic E-state index is 12.0. The van der Waals surface area contributed by atoms with Crippen molar-refractivity contribution in [3.8, 4) is 0 Å². The average Bonchev–Trinajstić information content (AvgIpc) is 2.37. The molecule has 0 saturated carbocycles. The molecule has 6 heteroatoms. The van der Waals surface area contributed by atoms with Crippen LogP contribution in [0.2, 0.25) is 0 Å². The Labute approximate surface area is 114 Å². The smallest absolute Gasteiger partial charge is 0.264 e. The summed E-state index contributed by atoms with van der Waals surface area (Å²) in [5.41, 5.74) is 0.520. The van der Waals surface area contributed by atoms with E-state index in [1.807, 2.05) is 0 Å². The molecule has 1 aromatic rings. The number of hydrogen-bond acceptors (Lipinski definition) is 3. The van der Waals surface area contributed by atoms with E-state index >= 15 is 0 Å². The van der Waals surface area contributed by atoms with Gasteiger partial charge in [-0.05, 0) is 41.4 Å². The lowest BCUT2D eigenvalue weighted by Gasteiger charge is -2.22. The van der Waals surface area contributed by atoms with Crippen LogP contribution in [0, 0.1) is 5.92 Å². The minimum Gasteiger partial charge on any atom is -0.324 e. The third-order valence-corrected chi connectivity index (χ3v) is 3.64. The van der Waals surface area contributed by atoms with E-state index < -0.39 is 0 Å². The molecule has 2 rings (SSSR count). The van der Waals surface area contributed by atoms with Gasteiger partial charge in [0.05, 0.1) is 16.1 Å². The number of piperidine rings is 1. The Bertz CT molecular complexity index is 480. The van der Waals surface area contributed by atoms with Gasteiger partial charge in [-0.3, -0.25) is 9.59 Å². The number of aryl methyl sites for hydroxylation is 1. The largest absolute Gasteiger partial charge is 0.324 e. The van der Waals surface area contributed by atoms with Gasteiger partial charge in [-0.1, -0.05) is 0 Å². The normalized spacial score (nSPS) is 19.6. The molecule has 0 aliphatic carbocycles. The topological polar surface area (TPSA) is 63.1 Å². The van der Waals surface area contributed by atoms with Gasteiger partial charge in [-0.2, -0.15) is 0 Å². The van der Waals surface area contributed by atoms with Crippen molar-refractivity contribution in [2.75, 3.05) is 18.4 Å². The standard InChI is InChI=1S/C12H16BrN3O2/c1-16-7-9(5-10(13)12(16)18)15-11(17)8-3-2-4-14-6-8/h5,7-8,14H,2-4,6H2,1H3,(H,15,17). The zero-order valence-electron chi connectivity index (χ0n) is 10.2. The quantitative estimate of drug-likeness (QED) is 0.859. The van der Waals surface area contributed by atoms with Crippen LogP contribution in [0.3, 0.4) is 0 Å². The molecule has 1 fully saturated rings. The van der Waals surface area contributed by atoms with Crippen molar-refractivity contribution in [3.63, 3.8) is 0 Å². The molecular weight excluding hydrogens is 298 g/mol. The molecule has 0 bridgehead atoms. The molecule has 2 heterocycles. The summed E-state index contributed by atoms with van der Waals surface area (Å²) in [5, 5.41) is 6.06. The van der Waals surface area contributed by atoms with E-state index in [4.69, 9.17) is 0 Å². The monoisotopic (exact) mass is 313 g/mol. The molecule has 1 aliphatic rings. The van der Waals surface area contributed by atoms with Crippen LogP contribution < -0.4 is 16.2 Å². The molecule has 1 atom stereocenters. The number of nitrogens with zero attached hydrogens (tertiary/aromatic N) is 1. The van der Waals surface area contributed by atoms with Gasteiger partial charge in [-0.25, -0.2) is 0 Å². The summed E-state index contributed by atoms with van der Waals surface area (Å²) < 4.78 is 1.89. The van der Waals surface area contributed by atoms with E-state index in [-0.39, 0.29) is 17.4 Å². The van der Waals surface area contributed by atoms with Gasteiger partial charge in [0.1, 0.15) is 0 Å². The number of hydrogen-bond donors (Lipinski definition) is 2. The Morgan fingerprint density at radius 2 is 2.39 bits per heavy atom. The van der Waals surface area contributed by atoms with Crippen LogP contribution >= 0.6 is 15.9 Å². The first-order chi connectivity index (χ1) is 8.58. The summed E-state index contributed by atoms with van der Waals surface area (Å²) in [6, 6.07) is 1.64. The Balaban J connectivity index is 2.09. The lowest BCUT2D eigenvalue weighted by atomic mass is 9.99. The van der Waals surface area contributed by atoms with E-state index in [0.717, 1.165) is 25.9 Å². The predicted octanol–water partition coefficient (Wildman–Crippen LogP) is 1.09. The Morgan fingerprint density at radius 3 is 3.00 bits per heavy atom. The number of halogens is 1. The minimum atomic E-state index is -0.118. The number of anilines is 1. The highest BCUT2D eigenvalue weighted by molar-refractivity contribution is 9.10. The van der Waals surface area contributed by atoms with Crippen LogP contribution in [0.1, 0.15) is 12.8 Å². The molecule has 18 heavy (non-hydrogen) atoms. The number of rotatable bonds is 2. The van der Waals surface area contributed by atoms with Gasteiger partial charge >= 0.3 is 0 Å².